The van der Waals surface area contributed by atoms with Crippen LogP contribution in [-0.2, 0) is 17.1 Å². The first-order valence-corrected chi connectivity index (χ1v) is 14.0. The van der Waals surface area contributed by atoms with Gasteiger partial charge in [-0.1, -0.05) is 40.0 Å². The van der Waals surface area contributed by atoms with Gasteiger partial charge in [0, 0.05) is 38.2 Å². The summed E-state index contributed by atoms with van der Waals surface area (Å²) in [6.07, 6.45) is 14.1. The molecule has 0 aliphatic carbocycles. The van der Waals surface area contributed by atoms with Crippen LogP contribution < -0.4 is 16.0 Å². The summed E-state index contributed by atoms with van der Waals surface area (Å²) < 4.78 is 0. The molecule has 0 unspecified atom stereocenters. The van der Waals surface area contributed by atoms with Crippen molar-refractivity contribution in [3.05, 3.63) is 72.1 Å². The normalized spacial score (nSPS) is 9.56. The molecule has 0 aromatic carbocycles. The molecule has 0 saturated heterocycles. The van der Waals surface area contributed by atoms with Gasteiger partial charge in [-0.2, -0.15) is 0 Å². The first-order chi connectivity index (χ1) is 20.3. The summed E-state index contributed by atoms with van der Waals surface area (Å²) in [5.74, 6) is -1.00. The average Bonchev–Trinajstić information content (AvgIpc) is 2.99. The van der Waals surface area contributed by atoms with Crippen LogP contribution in [0.1, 0.15) is 90.4 Å². The molecule has 0 bridgehead atoms. The molecule has 0 saturated carbocycles. The van der Waals surface area contributed by atoms with Crippen LogP contribution in [-0.4, -0.2) is 67.6 Å². The van der Waals surface area contributed by atoms with E-state index < -0.39 is 0 Å². The molecule has 0 atom stereocenters. The van der Waals surface area contributed by atoms with E-state index in [4.69, 9.17) is 0 Å². The number of nitrogens with zero attached hydrogens (tertiary/aromatic N) is 3. The monoisotopic (exact) mass is 638 g/mol. The SMILES string of the molecule is CCCCNC(=O)c1ccncc1O.CCCCNC(=O)c1ccncc1O.CCCCNC(=O)c1ccncc1O.[Fe+3]. The summed E-state index contributed by atoms with van der Waals surface area (Å²) in [4.78, 5) is 45.4. The summed E-state index contributed by atoms with van der Waals surface area (Å²) in [5.41, 5.74) is 0.823. The molecule has 0 aliphatic heterocycles. The number of amides is 3. The van der Waals surface area contributed by atoms with Crippen LogP contribution in [0.4, 0.5) is 0 Å². The van der Waals surface area contributed by atoms with Gasteiger partial charge in [0.05, 0.1) is 35.3 Å². The summed E-state index contributed by atoms with van der Waals surface area (Å²) in [6.45, 7) is 8.06. The molecule has 3 amide bonds. The average molecular weight is 639 g/mol. The summed E-state index contributed by atoms with van der Waals surface area (Å²) >= 11 is 0. The molecule has 1 radical (unpaired) electrons. The summed E-state index contributed by atoms with van der Waals surface area (Å²) in [5, 5.41) is 36.1. The van der Waals surface area contributed by atoms with E-state index in [1.54, 1.807) is 0 Å². The predicted molar refractivity (Wildman–Crippen MR) is 159 cm³/mol. The van der Waals surface area contributed by atoms with Crippen LogP contribution in [0.15, 0.2) is 55.4 Å². The standard InChI is InChI=1S/3C10H14N2O2.Fe/c3*1-2-3-5-12-10(14)8-4-6-11-7-9(8)13;/h3*4,6-7,13H,2-3,5H2,1H3,(H,12,14);/q;;;+3. The molecule has 12 nitrogen and oxygen atoms in total. The quantitative estimate of drug-likeness (QED) is 0.126. The zero-order chi connectivity index (χ0) is 31.2. The first-order valence-electron chi connectivity index (χ1n) is 14.0. The van der Waals surface area contributed by atoms with E-state index in [2.05, 4.69) is 51.7 Å². The van der Waals surface area contributed by atoms with Crippen molar-refractivity contribution >= 4 is 17.7 Å². The van der Waals surface area contributed by atoms with E-state index in [9.17, 15) is 29.7 Å². The number of aromatic hydroxyl groups is 3. The molecule has 0 aliphatic rings. The second-order valence-corrected chi connectivity index (χ2v) is 9.01. The van der Waals surface area contributed by atoms with Gasteiger partial charge in [0.15, 0.2) is 0 Å². The molecule has 3 rings (SSSR count). The van der Waals surface area contributed by atoms with Crippen molar-refractivity contribution in [3.8, 4) is 17.2 Å². The largest absolute Gasteiger partial charge is 3.00 e. The number of unbranched alkanes of at least 4 members (excludes halogenated alkanes) is 3. The van der Waals surface area contributed by atoms with Gasteiger partial charge < -0.3 is 31.3 Å². The number of hydrogen-bond acceptors (Lipinski definition) is 9. The maximum atomic E-state index is 11.4. The van der Waals surface area contributed by atoms with Gasteiger partial charge in [-0.25, -0.2) is 0 Å². The minimum atomic E-state index is -0.252. The number of hydrogen-bond donors (Lipinski definition) is 6. The summed E-state index contributed by atoms with van der Waals surface area (Å²) in [6, 6.07) is 4.49. The topological polar surface area (TPSA) is 187 Å². The molecule has 0 spiro atoms. The third-order valence-electron chi connectivity index (χ3n) is 5.58. The molecule has 6 N–H and O–H groups in total. The number of pyridine rings is 3. The summed E-state index contributed by atoms with van der Waals surface area (Å²) in [7, 11) is 0. The Morgan fingerprint density at radius 1 is 0.558 bits per heavy atom. The molecule has 3 aromatic rings. The van der Waals surface area contributed by atoms with E-state index >= 15 is 0 Å². The van der Waals surface area contributed by atoms with Crippen LogP contribution in [0.2, 0.25) is 0 Å². The second-order valence-electron chi connectivity index (χ2n) is 9.01. The van der Waals surface area contributed by atoms with Gasteiger partial charge >= 0.3 is 17.1 Å². The van der Waals surface area contributed by atoms with Crippen molar-refractivity contribution in [1.29, 1.82) is 0 Å². The molecule has 43 heavy (non-hydrogen) atoms. The zero-order valence-electron chi connectivity index (χ0n) is 24.8. The van der Waals surface area contributed by atoms with Crippen molar-refractivity contribution < 1.29 is 46.8 Å². The Kier molecular flexibility index (Phi) is 21.1. The van der Waals surface area contributed by atoms with Crippen molar-refractivity contribution in [2.24, 2.45) is 0 Å². The molecular formula is C30H42FeN6O6+3. The van der Waals surface area contributed by atoms with Gasteiger partial charge in [0.1, 0.15) is 17.2 Å². The molecule has 13 heteroatoms. The predicted octanol–water partition coefficient (Wildman–Crippen LogP) is 3.95. The Hall–Kier alpha value is -4.22. The van der Waals surface area contributed by atoms with Crippen molar-refractivity contribution in [1.82, 2.24) is 30.9 Å². The Bertz CT molecular complexity index is 1100. The number of nitrogens with one attached hydrogen (secondary N) is 3. The van der Waals surface area contributed by atoms with Gasteiger partial charge in [0.25, 0.3) is 17.7 Å². The molecule has 233 valence electrons. The Labute approximate surface area is 263 Å². The molecule has 0 fully saturated rings. The minimum Gasteiger partial charge on any atom is -0.505 e. The fourth-order valence-electron chi connectivity index (χ4n) is 3.16. The van der Waals surface area contributed by atoms with E-state index in [1.165, 1.54) is 55.4 Å². The van der Waals surface area contributed by atoms with E-state index in [1.807, 2.05) is 0 Å². The van der Waals surface area contributed by atoms with E-state index in [-0.39, 0.29) is 68.7 Å². The molecule has 3 aromatic heterocycles. The van der Waals surface area contributed by atoms with Crippen LogP contribution in [0.5, 0.6) is 17.2 Å². The van der Waals surface area contributed by atoms with Crippen LogP contribution in [0.3, 0.4) is 0 Å². The van der Waals surface area contributed by atoms with Gasteiger partial charge in [-0.15, -0.1) is 0 Å². The van der Waals surface area contributed by atoms with Crippen molar-refractivity contribution in [2.45, 2.75) is 59.3 Å². The molecular weight excluding hydrogens is 596 g/mol. The first kappa shape index (κ1) is 38.8. The number of rotatable bonds is 12. The number of carbonyl (C=O) groups excluding carboxylic acids is 3. The number of carbonyl (C=O) groups is 3. The van der Waals surface area contributed by atoms with E-state index in [0.29, 0.717) is 19.6 Å². The third-order valence-corrected chi connectivity index (χ3v) is 5.58. The Balaban J connectivity index is 0.000000608. The van der Waals surface area contributed by atoms with Gasteiger partial charge in [-0.05, 0) is 37.5 Å². The minimum absolute atomic E-state index is 0. The molecule has 3 heterocycles. The van der Waals surface area contributed by atoms with Gasteiger partial charge in [0.2, 0.25) is 0 Å². The fourth-order valence-corrected chi connectivity index (χ4v) is 3.16. The van der Waals surface area contributed by atoms with Crippen molar-refractivity contribution in [3.63, 3.8) is 0 Å². The number of aromatic nitrogens is 3. The Morgan fingerprint density at radius 3 is 1.02 bits per heavy atom. The van der Waals surface area contributed by atoms with Gasteiger partial charge in [-0.3, -0.25) is 29.3 Å². The van der Waals surface area contributed by atoms with E-state index in [0.717, 1.165) is 38.5 Å². The fraction of sp³-hybridized carbons (Fsp3) is 0.400. The second kappa shape index (κ2) is 23.4. The van der Waals surface area contributed by atoms with Crippen LogP contribution in [0.25, 0.3) is 0 Å². The third kappa shape index (κ3) is 15.5. The maximum absolute atomic E-state index is 11.4. The smallest absolute Gasteiger partial charge is 0.505 e. The Morgan fingerprint density at radius 2 is 0.814 bits per heavy atom. The maximum Gasteiger partial charge on any atom is 3.00 e. The zero-order valence-corrected chi connectivity index (χ0v) is 25.9. The van der Waals surface area contributed by atoms with Crippen LogP contribution >= 0.6 is 0 Å². The van der Waals surface area contributed by atoms with Crippen LogP contribution in [0, 0.1) is 0 Å². The van der Waals surface area contributed by atoms with Crippen molar-refractivity contribution in [2.75, 3.05) is 19.6 Å².